The van der Waals surface area contributed by atoms with Crippen LogP contribution in [-0.4, -0.2) is 67.9 Å². The van der Waals surface area contributed by atoms with E-state index in [2.05, 4.69) is 29.6 Å². The van der Waals surface area contributed by atoms with Gasteiger partial charge in [0, 0.05) is 32.5 Å². The lowest BCUT2D eigenvalue weighted by molar-refractivity contribution is -0.144. The first-order valence-electron chi connectivity index (χ1n) is 11.1. The summed E-state index contributed by atoms with van der Waals surface area (Å²) < 4.78 is 10.4. The van der Waals surface area contributed by atoms with E-state index in [9.17, 15) is 14.4 Å². The molecule has 0 fully saturated rings. The lowest BCUT2D eigenvalue weighted by Gasteiger charge is -2.20. The molecule has 0 atom stereocenters. The largest absolute Gasteiger partial charge is 0.480 e. The van der Waals surface area contributed by atoms with Crippen LogP contribution >= 0.6 is 0 Å². The average molecular weight is 455 g/mol. The van der Waals surface area contributed by atoms with Crippen LogP contribution in [0, 0.1) is 0 Å². The van der Waals surface area contributed by atoms with Gasteiger partial charge < -0.3 is 24.8 Å². The number of carboxylic acids is 1. The van der Waals surface area contributed by atoms with Crippen LogP contribution in [0.4, 0.5) is 4.79 Å². The van der Waals surface area contributed by atoms with Gasteiger partial charge in [-0.2, -0.15) is 0 Å². The number of nitrogens with zero attached hydrogens (tertiary/aromatic N) is 1. The number of hydrogen-bond acceptors (Lipinski definition) is 5. The molecule has 8 nitrogen and oxygen atoms in total. The van der Waals surface area contributed by atoms with Crippen molar-refractivity contribution in [2.45, 2.75) is 25.2 Å². The monoisotopic (exact) mass is 454 g/mol. The number of fused-ring (bicyclic) bond motifs is 3. The first-order chi connectivity index (χ1) is 16.0. The Bertz CT molecular complexity index is 931. The highest BCUT2D eigenvalue weighted by Gasteiger charge is 2.28. The number of rotatable bonds is 12. The zero-order chi connectivity index (χ0) is 23.6. The Balaban J connectivity index is 1.39. The first-order valence-corrected chi connectivity index (χ1v) is 11.1. The fraction of sp³-hybridized carbons (Fsp3) is 0.400. The third-order valence-corrected chi connectivity index (χ3v) is 5.67. The van der Waals surface area contributed by atoms with Crippen LogP contribution in [0.2, 0.25) is 0 Å². The van der Waals surface area contributed by atoms with Crippen LogP contribution in [0.5, 0.6) is 0 Å². The van der Waals surface area contributed by atoms with E-state index in [1.165, 1.54) is 23.1 Å². The molecule has 3 rings (SSSR count). The summed E-state index contributed by atoms with van der Waals surface area (Å²) in [5.41, 5.74) is 4.66. The Hall–Kier alpha value is -3.39. The van der Waals surface area contributed by atoms with E-state index in [0.29, 0.717) is 19.4 Å². The molecule has 0 radical (unpaired) electrons. The Morgan fingerprint density at radius 3 is 2.24 bits per heavy atom. The number of ether oxygens (including phenoxy) is 2. The van der Waals surface area contributed by atoms with E-state index >= 15 is 0 Å². The van der Waals surface area contributed by atoms with Gasteiger partial charge in [0.25, 0.3) is 0 Å². The summed E-state index contributed by atoms with van der Waals surface area (Å²) in [5, 5.41) is 11.7. The number of alkyl carbamates (subject to hydrolysis) is 1. The maximum absolute atomic E-state index is 12.2. The standard InChI is InChI=1S/C25H30N2O6/c1-32-15-14-27(16-24(29)30)23(28)12-6-7-13-26-25(31)33-17-22-20-10-4-2-8-18(20)19-9-3-5-11-21(19)22/h2-5,8-11,22H,6-7,12-17H2,1H3,(H,26,31)(H,29,30). The molecule has 1 aliphatic rings. The number of aliphatic carboxylic acids is 1. The second-order valence-corrected chi connectivity index (χ2v) is 7.91. The molecule has 0 saturated heterocycles. The van der Waals surface area contributed by atoms with Gasteiger partial charge in [0.2, 0.25) is 5.91 Å². The molecule has 0 unspecified atom stereocenters. The van der Waals surface area contributed by atoms with Crippen LogP contribution in [0.15, 0.2) is 48.5 Å². The van der Waals surface area contributed by atoms with E-state index in [1.54, 1.807) is 0 Å². The summed E-state index contributed by atoms with van der Waals surface area (Å²) in [4.78, 5) is 36.6. The average Bonchev–Trinajstić information content (AvgIpc) is 3.13. The summed E-state index contributed by atoms with van der Waals surface area (Å²) in [6.07, 6.45) is 0.839. The van der Waals surface area contributed by atoms with Gasteiger partial charge in [0.15, 0.2) is 0 Å². The molecule has 0 spiro atoms. The van der Waals surface area contributed by atoms with Crippen molar-refractivity contribution in [2.24, 2.45) is 0 Å². The summed E-state index contributed by atoms with van der Waals surface area (Å²) in [7, 11) is 1.50. The van der Waals surface area contributed by atoms with Crippen molar-refractivity contribution in [2.75, 3.05) is 40.0 Å². The van der Waals surface area contributed by atoms with Crippen molar-refractivity contribution in [3.8, 4) is 11.1 Å². The van der Waals surface area contributed by atoms with Gasteiger partial charge in [-0.1, -0.05) is 48.5 Å². The van der Waals surface area contributed by atoms with E-state index in [4.69, 9.17) is 14.6 Å². The number of nitrogens with one attached hydrogen (secondary N) is 1. The molecule has 0 saturated carbocycles. The number of hydrogen-bond donors (Lipinski definition) is 2. The lowest BCUT2D eigenvalue weighted by Crippen LogP contribution is -2.38. The molecule has 2 aromatic carbocycles. The Morgan fingerprint density at radius 1 is 1.00 bits per heavy atom. The minimum Gasteiger partial charge on any atom is -0.480 e. The smallest absolute Gasteiger partial charge is 0.407 e. The van der Waals surface area contributed by atoms with E-state index in [1.807, 2.05) is 24.3 Å². The highest BCUT2D eigenvalue weighted by atomic mass is 16.5. The van der Waals surface area contributed by atoms with Crippen LogP contribution in [0.1, 0.15) is 36.3 Å². The van der Waals surface area contributed by atoms with Gasteiger partial charge >= 0.3 is 12.1 Å². The van der Waals surface area contributed by atoms with E-state index in [-0.39, 0.29) is 44.5 Å². The molecule has 33 heavy (non-hydrogen) atoms. The van der Waals surface area contributed by atoms with Crippen LogP contribution in [0.3, 0.4) is 0 Å². The molecular weight excluding hydrogens is 424 g/mol. The van der Waals surface area contributed by atoms with Crippen molar-refractivity contribution in [1.82, 2.24) is 10.2 Å². The summed E-state index contributed by atoms with van der Waals surface area (Å²) in [5.74, 6) is -1.29. The van der Waals surface area contributed by atoms with Gasteiger partial charge in [0.1, 0.15) is 13.2 Å². The van der Waals surface area contributed by atoms with E-state index in [0.717, 1.165) is 11.1 Å². The van der Waals surface area contributed by atoms with Gasteiger partial charge in [-0.25, -0.2) is 4.79 Å². The van der Waals surface area contributed by atoms with Crippen molar-refractivity contribution >= 4 is 18.0 Å². The number of amides is 2. The molecular formula is C25H30N2O6. The molecule has 176 valence electrons. The predicted octanol–water partition coefficient (Wildman–Crippen LogP) is 3.26. The molecule has 0 aromatic heterocycles. The lowest BCUT2D eigenvalue weighted by atomic mass is 9.98. The minimum absolute atomic E-state index is 0.00749. The molecule has 8 heteroatoms. The predicted molar refractivity (Wildman–Crippen MR) is 123 cm³/mol. The van der Waals surface area contributed by atoms with Crippen molar-refractivity contribution in [3.05, 3.63) is 59.7 Å². The number of unbranched alkanes of at least 4 members (excludes halogenated alkanes) is 1. The topological polar surface area (TPSA) is 105 Å². The highest BCUT2D eigenvalue weighted by molar-refractivity contribution is 5.81. The molecule has 2 aromatic rings. The zero-order valence-corrected chi connectivity index (χ0v) is 18.8. The minimum atomic E-state index is -1.06. The number of carbonyl (C=O) groups excluding carboxylic acids is 2. The maximum atomic E-state index is 12.2. The van der Waals surface area contributed by atoms with Crippen LogP contribution in [-0.2, 0) is 19.1 Å². The normalized spacial score (nSPS) is 12.0. The summed E-state index contributed by atoms with van der Waals surface area (Å²) in [6.45, 7) is 0.797. The fourth-order valence-corrected chi connectivity index (χ4v) is 4.06. The molecule has 0 heterocycles. The summed E-state index contributed by atoms with van der Waals surface area (Å²) >= 11 is 0. The van der Waals surface area contributed by atoms with Crippen LogP contribution < -0.4 is 5.32 Å². The Kier molecular flexibility index (Phi) is 8.83. The highest BCUT2D eigenvalue weighted by Crippen LogP contribution is 2.44. The van der Waals surface area contributed by atoms with Gasteiger partial charge in [-0.3, -0.25) is 9.59 Å². The SMILES string of the molecule is COCCN(CC(=O)O)C(=O)CCCCNC(=O)OCC1c2ccccc2-c2ccccc21. The maximum Gasteiger partial charge on any atom is 0.407 e. The van der Waals surface area contributed by atoms with Crippen molar-refractivity contribution in [3.63, 3.8) is 0 Å². The van der Waals surface area contributed by atoms with Gasteiger partial charge in [0.05, 0.1) is 6.61 Å². The second kappa shape index (κ2) is 12.0. The molecule has 2 amide bonds. The second-order valence-electron chi connectivity index (χ2n) is 7.91. The third-order valence-electron chi connectivity index (χ3n) is 5.67. The molecule has 0 aliphatic heterocycles. The molecule has 2 N–H and O–H groups in total. The third kappa shape index (κ3) is 6.55. The van der Waals surface area contributed by atoms with E-state index < -0.39 is 12.1 Å². The van der Waals surface area contributed by atoms with Crippen molar-refractivity contribution in [1.29, 1.82) is 0 Å². The zero-order valence-electron chi connectivity index (χ0n) is 18.8. The number of benzene rings is 2. The quantitative estimate of drug-likeness (QED) is 0.477. The Labute approximate surface area is 193 Å². The fourth-order valence-electron chi connectivity index (χ4n) is 4.06. The Morgan fingerprint density at radius 2 is 1.64 bits per heavy atom. The van der Waals surface area contributed by atoms with Crippen LogP contribution in [0.25, 0.3) is 11.1 Å². The summed E-state index contributed by atoms with van der Waals surface area (Å²) in [6, 6.07) is 16.3. The van der Waals surface area contributed by atoms with Gasteiger partial charge in [-0.05, 0) is 35.1 Å². The number of methoxy groups -OCH3 is 1. The molecule has 0 bridgehead atoms. The number of carboxylic acid groups (broad SMARTS) is 1. The molecule has 1 aliphatic carbocycles. The number of carbonyl (C=O) groups is 3. The van der Waals surface area contributed by atoms with Gasteiger partial charge in [-0.15, -0.1) is 0 Å². The first kappa shape index (κ1) is 24.3. The van der Waals surface area contributed by atoms with Crippen molar-refractivity contribution < 1.29 is 29.0 Å².